The van der Waals surface area contributed by atoms with Gasteiger partial charge in [0.15, 0.2) is 8.03 Å². The van der Waals surface area contributed by atoms with Crippen molar-refractivity contribution in [2.24, 2.45) is 0 Å². The Morgan fingerprint density at radius 2 is 1.48 bits per heavy atom. The molecule has 5 aromatic rings. The molecule has 0 aliphatic heterocycles. The van der Waals surface area contributed by atoms with E-state index in [0.29, 0.717) is 0 Å². The van der Waals surface area contributed by atoms with Gasteiger partial charge in [0.05, 0.1) is 29.5 Å². The van der Waals surface area contributed by atoms with Crippen molar-refractivity contribution in [1.29, 1.82) is 0 Å². The van der Waals surface area contributed by atoms with Gasteiger partial charge in [0.2, 0.25) is 0 Å². The van der Waals surface area contributed by atoms with E-state index in [1.54, 1.807) is 12.1 Å². The van der Waals surface area contributed by atoms with E-state index in [2.05, 4.69) is 32.6 Å². The Balaban J connectivity index is 1.27. The van der Waals surface area contributed by atoms with Gasteiger partial charge in [0.25, 0.3) is 8.32 Å². The predicted molar refractivity (Wildman–Crippen MR) is 208 cm³/mol. The number of rotatable bonds is 13. The standard InChI is InChI=1S/C43H43FNO5PSi/c1-43(2,3)52(36-16-9-5-10-17-36,37-18-11-6-12-19-37)50-35(28-41(46)47)30-51(48)49-27-13-20-38-39(31-23-25-34(44)26-24-31)29-40(32-14-7-4-8-15-32)45-42(38)33-21-22-33/h4-12,14-19,23-26,29,33,35,51H,21-22,27-28,30H2,1-3H3,(H,46,47). The molecule has 0 saturated heterocycles. The molecule has 2 atom stereocenters. The van der Waals surface area contributed by atoms with Crippen LogP contribution in [0.2, 0.25) is 5.04 Å². The zero-order chi connectivity index (χ0) is 36.7. The number of benzene rings is 4. The normalized spacial score (nSPS) is 14.2. The maximum atomic E-state index is 13.9. The number of hydrogen-bond donors (Lipinski definition) is 1. The number of aromatic nitrogens is 1. The quantitative estimate of drug-likeness (QED) is 0.0741. The van der Waals surface area contributed by atoms with E-state index in [9.17, 15) is 18.9 Å². The fraction of sp³-hybridized carbons (Fsp3) is 0.256. The number of hydrogen-bond acceptors (Lipinski definition) is 5. The molecule has 0 amide bonds. The molecule has 266 valence electrons. The third kappa shape index (κ3) is 8.69. The second kappa shape index (κ2) is 16.4. The molecule has 1 heterocycles. The van der Waals surface area contributed by atoms with Crippen LogP contribution < -0.4 is 10.4 Å². The first kappa shape index (κ1) is 37.1. The summed E-state index contributed by atoms with van der Waals surface area (Å²) in [6.45, 7) is 6.22. The molecule has 1 aromatic heterocycles. The van der Waals surface area contributed by atoms with Gasteiger partial charge < -0.3 is 14.1 Å². The van der Waals surface area contributed by atoms with Crippen LogP contribution in [0.5, 0.6) is 0 Å². The molecule has 1 N–H and O–H groups in total. The van der Waals surface area contributed by atoms with E-state index in [1.807, 2.05) is 97.1 Å². The molecule has 1 aliphatic rings. The average Bonchev–Trinajstić information content (AvgIpc) is 3.99. The maximum Gasteiger partial charge on any atom is 0.305 e. The summed E-state index contributed by atoms with van der Waals surface area (Å²) < 4.78 is 40.3. The topological polar surface area (TPSA) is 85.7 Å². The van der Waals surface area contributed by atoms with Gasteiger partial charge in [-0.15, -0.1) is 0 Å². The SMILES string of the molecule is CC(C)(C)[Si](OC(CC(=O)O)C[PH](=O)OCC#Cc1c(-c2ccc(F)cc2)cc(-c2ccccc2)nc1C1CC1)(c1ccccc1)c1ccccc1. The summed E-state index contributed by atoms with van der Waals surface area (Å²) in [6.07, 6.45) is 0.766. The zero-order valence-electron chi connectivity index (χ0n) is 29.6. The number of carboxylic acid groups (broad SMARTS) is 1. The molecule has 6 rings (SSSR count). The average molecular weight is 732 g/mol. The van der Waals surface area contributed by atoms with Gasteiger partial charge in [-0.1, -0.05) is 136 Å². The number of halogens is 1. The molecule has 1 aliphatic carbocycles. The third-order valence-corrected chi connectivity index (χ3v) is 15.7. The van der Waals surface area contributed by atoms with Crippen LogP contribution in [0, 0.1) is 17.7 Å². The lowest BCUT2D eigenvalue weighted by Gasteiger charge is -2.45. The molecule has 1 saturated carbocycles. The fourth-order valence-electron chi connectivity index (χ4n) is 6.74. The van der Waals surface area contributed by atoms with Crippen LogP contribution in [0.1, 0.15) is 57.2 Å². The van der Waals surface area contributed by atoms with Crippen LogP contribution in [0.25, 0.3) is 22.4 Å². The minimum Gasteiger partial charge on any atom is -0.481 e. The summed E-state index contributed by atoms with van der Waals surface area (Å²) in [5.41, 5.74) is 5.09. The molecule has 0 spiro atoms. The Morgan fingerprint density at radius 1 is 0.904 bits per heavy atom. The lowest BCUT2D eigenvalue weighted by atomic mass is 9.95. The lowest BCUT2D eigenvalue weighted by molar-refractivity contribution is -0.138. The Bertz CT molecular complexity index is 2030. The van der Waals surface area contributed by atoms with Crippen LogP contribution in [0.4, 0.5) is 4.39 Å². The first-order chi connectivity index (χ1) is 25.0. The van der Waals surface area contributed by atoms with Gasteiger partial charge >= 0.3 is 5.97 Å². The Kier molecular flexibility index (Phi) is 11.7. The van der Waals surface area contributed by atoms with Crippen molar-refractivity contribution in [3.63, 3.8) is 0 Å². The minimum absolute atomic E-state index is 0.0649. The molecule has 52 heavy (non-hydrogen) atoms. The summed E-state index contributed by atoms with van der Waals surface area (Å²) in [7, 11) is -5.88. The number of aliphatic carboxylic acids is 1. The van der Waals surface area contributed by atoms with E-state index < -0.39 is 28.4 Å². The van der Waals surface area contributed by atoms with Crippen LogP contribution in [0.3, 0.4) is 0 Å². The molecule has 2 unspecified atom stereocenters. The first-order valence-electron chi connectivity index (χ1n) is 17.6. The second-order valence-corrected chi connectivity index (χ2v) is 19.8. The van der Waals surface area contributed by atoms with E-state index in [4.69, 9.17) is 13.9 Å². The summed E-state index contributed by atoms with van der Waals surface area (Å²) >= 11 is 0. The number of nitrogens with zero attached hydrogens (tertiary/aromatic N) is 1. The highest BCUT2D eigenvalue weighted by atomic mass is 31.1. The summed E-state index contributed by atoms with van der Waals surface area (Å²) in [5.74, 6) is 5.23. The highest BCUT2D eigenvalue weighted by molar-refractivity contribution is 7.39. The lowest BCUT2D eigenvalue weighted by Crippen LogP contribution is -2.68. The van der Waals surface area contributed by atoms with Crippen molar-refractivity contribution in [2.75, 3.05) is 12.8 Å². The molecule has 0 bridgehead atoms. The molecule has 9 heteroatoms. The summed E-state index contributed by atoms with van der Waals surface area (Å²) in [5, 5.41) is 11.6. The molecule has 6 nitrogen and oxygen atoms in total. The van der Waals surface area contributed by atoms with E-state index in [1.165, 1.54) is 12.1 Å². The molecule has 1 fully saturated rings. The second-order valence-electron chi connectivity index (χ2n) is 14.1. The van der Waals surface area contributed by atoms with Crippen molar-refractivity contribution < 1.29 is 27.8 Å². The van der Waals surface area contributed by atoms with Gasteiger partial charge in [-0.25, -0.2) is 4.39 Å². The zero-order valence-corrected chi connectivity index (χ0v) is 31.6. The molecular formula is C43H43FNO5PSi. The van der Waals surface area contributed by atoms with Gasteiger partial charge in [-0.05, 0) is 52.0 Å². The van der Waals surface area contributed by atoms with Gasteiger partial charge in [0.1, 0.15) is 12.4 Å². The van der Waals surface area contributed by atoms with Gasteiger partial charge in [-0.3, -0.25) is 14.3 Å². The first-order valence-corrected chi connectivity index (χ1v) is 21.0. The number of carbonyl (C=O) groups is 1. The fourth-order valence-corrected chi connectivity index (χ4v) is 12.5. The van der Waals surface area contributed by atoms with Crippen molar-refractivity contribution in [3.05, 3.63) is 138 Å². The summed E-state index contributed by atoms with van der Waals surface area (Å²) in [4.78, 5) is 17.2. The van der Waals surface area contributed by atoms with Crippen LogP contribution in [-0.4, -0.2) is 43.2 Å². The largest absolute Gasteiger partial charge is 0.481 e. The van der Waals surface area contributed by atoms with Gasteiger partial charge in [-0.2, -0.15) is 0 Å². The summed E-state index contributed by atoms with van der Waals surface area (Å²) in [6, 6.07) is 38.2. The number of pyridine rings is 1. The van der Waals surface area contributed by atoms with Crippen LogP contribution in [-0.2, 0) is 18.3 Å². The molecular weight excluding hydrogens is 689 g/mol. The predicted octanol–water partition coefficient (Wildman–Crippen LogP) is 8.69. The Hall–Kier alpha value is -4.64. The van der Waals surface area contributed by atoms with Crippen molar-refractivity contribution in [3.8, 4) is 34.2 Å². The van der Waals surface area contributed by atoms with Gasteiger partial charge in [0, 0.05) is 23.2 Å². The smallest absolute Gasteiger partial charge is 0.305 e. The van der Waals surface area contributed by atoms with E-state index in [-0.39, 0.29) is 36.0 Å². The monoisotopic (exact) mass is 731 g/mol. The van der Waals surface area contributed by atoms with Crippen molar-refractivity contribution in [1.82, 2.24) is 4.98 Å². The highest BCUT2D eigenvalue weighted by Gasteiger charge is 2.51. The minimum atomic E-state index is -3.11. The van der Waals surface area contributed by atoms with Crippen molar-refractivity contribution >= 4 is 32.7 Å². The third-order valence-electron chi connectivity index (χ3n) is 9.31. The van der Waals surface area contributed by atoms with Crippen LogP contribution >= 0.6 is 8.03 Å². The van der Waals surface area contributed by atoms with E-state index >= 15 is 0 Å². The van der Waals surface area contributed by atoms with Crippen molar-refractivity contribution in [2.45, 2.75) is 57.1 Å². The highest BCUT2D eigenvalue weighted by Crippen LogP contribution is 2.44. The van der Waals surface area contributed by atoms with Crippen LogP contribution in [0.15, 0.2) is 121 Å². The Morgan fingerprint density at radius 3 is 2.02 bits per heavy atom. The maximum absolute atomic E-state index is 13.9. The number of carboxylic acids is 1. The Labute approximate surface area is 307 Å². The van der Waals surface area contributed by atoms with E-state index in [0.717, 1.165) is 56.9 Å². The molecule has 4 aromatic carbocycles. The molecule has 0 radical (unpaired) electrons.